The molecule has 0 spiro atoms. The van der Waals surface area contributed by atoms with E-state index in [2.05, 4.69) is 24.1 Å². The first-order valence-corrected chi connectivity index (χ1v) is 15.1. The van der Waals surface area contributed by atoms with E-state index < -0.39 is 0 Å². The van der Waals surface area contributed by atoms with Crippen molar-refractivity contribution in [2.24, 2.45) is 11.8 Å². The van der Waals surface area contributed by atoms with E-state index >= 15 is 0 Å². The van der Waals surface area contributed by atoms with Crippen LogP contribution in [-0.2, 0) is 16.0 Å². The molecule has 8 nitrogen and oxygen atoms in total. The molecule has 4 rings (SSSR count). The number of benzene rings is 2. The van der Waals surface area contributed by atoms with Crippen LogP contribution in [0, 0.1) is 11.8 Å². The highest BCUT2D eigenvalue weighted by molar-refractivity contribution is 5.95. The second kappa shape index (κ2) is 15.2. The molecular weight excluding hydrogens is 518 g/mol. The van der Waals surface area contributed by atoms with E-state index in [1.54, 1.807) is 26.4 Å². The molecule has 1 saturated heterocycles. The third-order valence-electron chi connectivity index (χ3n) is 8.42. The summed E-state index contributed by atoms with van der Waals surface area (Å²) in [5.74, 6) is 1.90. The zero-order valence-corrected chi connectivity index (χ0v) is 25.1. The Bertz CT molecular complexity index is 1120. The molecule has 8 heteroatoms. The Balaban J connectivity index is 1.44. The Morgan fingerprint density at radius 1 is 0.951 bits per heavy atom. The third kappa shape index (κ3) is 8.23. The van der Waals surface area contributed by atoms with Crippen molar-refractivity contribution in [3.8, 4) is 11.5 Å². The van der Waals surface area contributed by atoms with Crippen LogP contribution in [0.3, 0.4) is 0 Å². The van der Waals surface area contributed by atoms with Gasteiger partial charge in [0.2, 0.25) is 5.91 Å². The average Bonchev–Trinajstić information content (AvgIpc) is 3.39. The maximum absolute atomic E-state index is 13.8. The van der Waals surface area contributed by atoms with Crippen molar-refractivity contribution < 1.29 is 23.8 Å². The van der Waals surface area contributed by atoms with Gasteiger partial charge in [-0.2, -0.15) is 0 Å². The molecule has 2 aromatic carbocycles. The van der Waals surface area contributed by atoms with Gasteiger partial charge in [0.1, 0.15) is 0 Å². The smallest absolute Gasteiger partial charge is 0.254 e. The Morgan fingerprint density at radius 3 is 2.32 bits per heavy atom. The fourth-order valence-corrected chi connectivity index (χ4v) is 5.75. The summed E-state index contributed by atoms with van der Waals surface area (Å²) in [7, 11) is 3.27. The predicted octanol–water partition coefficient (Wildman–Crippen LogP) is 4.42. The van der Waals surface area contributed by atoms with Gasteiger partial charge in [-0.05, 0) is 68.7 Å². The van der Waals surface area contributed by atoms with Crippen LogP contribution in [0.15, 0.2) is 48.5 Å². The van der Waals surface area contributed by atoms with E-state index in [4.69, 9.17) is 14.2 Å². The van der Waals surface area contributed by atoms with Crippen LogP contribution in [0.2, 0.25) is 0 Å². The van der Waals surface area contributed by atoms with Crippen LogP contribution in [0.1, 0.15) is 55.5 Å². The number of carbonyl (C=O) groups is 2. The second-order valence-electron chi connectivity index (χ2n) is 11.6. The van der Waals surface area contributed by atoms with Gasteiger partial charge in [0.05, 0.1) is 20.1 Å². The summed E-state index contributed by atoms with van der Waals surface area (Å²) >= 11 is 0. The molecule has 41 heavy (non-hydrogen) atoms. The summed E-state index contributed by atoms with van der Waals surface area (Å²) in [5, 5.41) is 3.55. The third-order valence-corrected chi connectivity index (χ3v) is 8.42. The Morgan fingerprint density at radius 2 is 1.68 bits per heavy atom. The molecule has 2 fully saturated rings. The van der Waals surface area contributed by atoms with Crippen molar-refractivity contribution in [1.82, 2.24) is 15.1 Å². The zero-order chi connectivity index (χ0) is 29.2. The van der Waals surface area contributed by atoms with Gasteiger partial charge in [0.25, 0.3) is 5.91 Å². The van der Waals surface area contributed by atoms with Crippen LogP contribution >= 0.6 is 0 Å². The molecule has 2 aliphatic rings. The summed E-state index contributed by atoms with van der Waals surface area (Å²) in [6, 6.07) is 15.8. The van der Waals surface area contributed by atoms with Gasteiger partial charge in [-0.3, -0.25) is 9.59 Å². The normalized spacial score (nSPS) is 18.7. The molecule has 0 bridgehead atoms. The monoisotopic (exact) mass is 565 g/mol. The summed E-state index contributed by atoms with van der Waals surface area (Å²) < 4.78 is 16.5. The number of nitrogens with one attached hydrogen (secondary N) is 1. The maximum atomic E-state index is 13.8. The second-order valence-corrected chi connectivity index (χ2v) is 11.6. The van der Waals surface area contributed by atoms with E-state index in [9.17, 15) is 9.59 Å². The molecule has 2 amide bonds. The van der Waals surface area contributed by atoms with Crippen LogP contribution < -0.4 is 14.8 Å². The topological polar surface area (TPSA) is 80.3 Å². The minimum atomic E-state index is -0.0222. The van der Waals surface area contributed by atoms with Crippen LogP contribution in [0.25, 0.3) is 0 Å². The van der Waals surface area contributed by atoms with E-state index in [0.29, 0.717) is 55.2 Å². The highest BCUT2D eigenvalue weighted by Crippen LogP contribution is 2.31. The Labute approximate surface area is 245 Å². The van der Waals surface area contributed by atoms with Crippen LogP contribution in [-0.4, -0.2) is 87.3 Å². The van der Waals surface area contributed by atoms with Gasteiger partial charge in [-0.1, -0.05) is 30.3 Å². The van der Waals surface area contributed by atoms with Crippen molar-refractivity contribution in [3.63, 3.8) is 0 Å². The molecule has 0 radical (unpaired) electrons. The van der Waals surface area contributed by atoms with E-state index in [1.807, 2.05) is 41.3 Å². The lowest BCUT2D eigenvalue weighted by Gasteiger charge is -2.40. The number of methoxy groups -OCH3 is 2. The van der Waals surface area contributed by atoms with Crippen molar-refractivity contribution >= 4 is 11.8 Å². The van der Waals surface area contributed by atoms with Gasteiger partial charge in [0, 0.05) is 64.0 Å². The SMILES string of the molecule is COCCCOc1cc(C(=O)N(C[C@@H]2CNC[C@H]2CN(C(=O)Cc2ccccc2)C2CCC2)C(C)C)ccc1OC. The lowest BCUT2D eigenvalue weighted by atomic mass is 9.88. The zero-order valence-electron chi connectivity index (χ0n) is 25.1. The standard InChI is InChI=1S/C33H47N3O5/c1-24(2)35(33(38)26-14-15-30(40-4)31(19-26)41-17-9-16-39-3)22-27-20-34-21-28(27)23-36(29-12-8-13-29)32(37)18-25-10-6-5-7-11-25/h5-7,10-11,14-15,19,24,27-29,34H,8-9,12-13,16-18,20-23H2,1-4H3/t27-,28-/m0/s1. The highest BCUT2D eigenvalue weighted by atomic mass is 16.5. The number of carbonyl (C=O) groups excluding carboxylic acids is 2. The first-order chi connectivity index (χ1) is 19.9. The van der Waals surface area contributed by atoms with E-state index in [-0.39, 0.29) is 23.8 Å². The molecule has 1 aliphatic heterocycles. The Kier molecular flexibility index (Phi) is 11.5. The van der Waals surface area contributed by atoms with Crippen LogP contribution in [0.4, 0.5) is 0 Å². The summed E-state index contributed by atoms with van der Waals surface area (Å²) in [5.41, 5.74) is 1.64. The molecule has 0 aromatic heterocycles. The number of rotatable bonds is 15. The number of ether oxygens (including phenoxy) is 3. The predicted molar refractivity (Wildman–Crippen MR) is 161 cm³/mol. The van der Waals surface area contributed by atoms with E-state index in [1.165, 1.54) is 6.42 Å². The maximum Gasteiger partial charge on any atom is 0.254 e. The van der Waals surface area contributed by atoms with Gasteiger partial charge >= 0.3 is 0 Å². The van der Waals surface area contributed by atoms with Crippen LogP contribution in [0.5, 0.6) is 11.5 Å². The first-order valence-electron chi connectivity index (χ1n) is 15.1. The number of nitrogens with zero attached hydrogens (tertiary/aromatic N) is 2. The summed E-state index contributed by atoms with van der Waals surface area (Å²) in [6.07, 6.45) is 4.52. The van der Waals surface area contributed by atoms with Gasteiger partial charge in [-0.15, -0.1) is 0 Å². The molecular formula is C33H47N3O5. The summed E-state index contributed by atoms with van der Waals surface area (Å²) in [4.78, 5) is 31.4. The molecule has 224 valence electrons. The molecule has 1 aliphatic carbocycles. The van der Waals surface area contributed by atoms with Gasteiger partial charge in [0.15, 0.2) is 11.5 Å². The fraction of sp³-hybridized carbons (Fsp3) is 0.576. The largest absolute Gasteiger partial charge is 0.493 e. The number of hydrogen-bond donors (Lipinski definition) is 1. The Hall–Kier alpha value is -3.10. The minimum absolute atomic E-state index is 0.0222. The van der Waals surface area contributed by atoms with Gasteiger partial charge in [-0.25, -0.2) is 0 Å². The minimum Gasteiger partial charge on any atom is -0.493 e. The average molecular weight is 566 g/mol. The van der Waals surface area contributed by atoms with Crippen molar-refractivity contribution in [2.75, 3.05) is 53.6 Å². The van der Waals surface area contributed by atoms with Gasteiger partial charge < -0.3 is 29.3 Å². The lowest BCUT2D eigenvalue weighted by Crippen LogP contribution is -2.49. The summed E-state index contributed by atoms with van der Waals surface area (Å²) in [6.45, 7) is 8.26. The number of hydrogen-bond acceptors (Lipinski definition) is 6. The number of amides is 2. The molecule has 2 atom stereocenters. The fourth-order valence-electron chi connectivity index (χ4n) is 5.75. The highest BCUT2D eigenvalue weighted by Gasteiger charge is 2.36. The van der Waals surface area contributed by atoms with E-state index in [0.717, 1.165) is 44.5 Å². The molecule has 1 saturated carbocycles. The van der Waals surface area contributed by atoms with Crippen molar-refractivity contribution in [3.05, 3.63) is 59.7 Å². The molecule has 0 unspecified atom stereocenters. The molecule has 1 heterocycles. The first kappa shape index (κ1) is 30.8. The molecule has 2 aromatic rings. The molecule has 1 N–H and O–H groups in total. The van der Waals surface area contributed by atoms with Crippen molar-refractivity contribution in [2.45, 2.75) is 58.0 Å². The lowest BCUT2D eigenvalue weighted by molar-refractivity contribution is -0.135. The quantitative estimate of drug-likeness (QED) is 0.322. The van der Waals surface area contributed by atoms with Crippen molar-refractivity contribution in [1.29, 1.82) is 0 Å².